The van der Waals surface area contributed by atoms with Crippen molar-refractivity contribution in [2.45, 2.75) is 26.9 Å². The van der Waals surface area contributed by atoms with Crippen LogP contribution in [0.15, 0.2) is 42.5 Å². The molecule has 1 unspecified atom stereocenters. The molecule has 6 nitrogen and oxygen atoms in total. The molecule has 1 aliphatic rings. The van der Waals surface area contributed by atoms with Crippen molar-refractivity contribution in [2.75, 3.05) is 5.32 Å². The lowest BCUT2D eigenvalue weighted by atomic mass is 10.1. The molecule has 0 aliphatic carbocycles. The van der Waals surface area contributed by atoms with Gasteiger partial charge in [-0.3, -0.25) is 14.5 Å². The monoisotopic (exact) mass is 337 g/mol. The summed E-state index contributed by atoms with van der Waals surface area (Å²) in [4.78, 5) is 38.1. The maximum atomic E-state index is 12.4. The van der Waals surface area contributed by atoms with Crippen LogP contribution in [-0.4, -0.2) is 28.9 Å². The third kappa shape index (κ3) is 3.10. The van der Waals surface area contributed by atoms with Crippen LogP contribution in [0.25, 0.3) is 0 Å². The fourth-order valence-corrected chi connectivity index (χ4v) is 2.93. The highest BCUT2D eigenvalue weighted by molar-refractivity contribution is 6.21. The van der Waals surface area contributed by atoms with Crippen molar-refractivity contribution in [3.63, 3.8) is 0 Å². The highest BCUT2D eigenvalue weighted by Crippen LogP contribution is 2.23. The van der Waals surface area contributed by atoms with Crippen LogP contribution < -0.4 is 10.6 Å². The maximum absolute atomic E-state index is 12.4. The van der Waals surface area contributed by atoms with Gasteiger partial charge in [-0.2, -0.15) is 0 Å². The first kappa shape index (κ1) is 16.7. The van der Waals surface area contributed by atoms with Crippen molar-refractivity contribution in [1.82, 2.24) is 10.2 Å². The van der Waals surface area contributed by atoms with E-state index < -0.39 is 24.0 Å². The summed E-state index contributed by atoms with van der Waals surface area (Å²) < 4.78 is 0. The van der Waals surface area contributed by atoms with Crippen molar-refractivity contribution < 1.29 is 14.4 Å². The molecule has 0 aromatic heterocycles. The molecular formula is C19H19N3O3. The summed E-state index contributed by atoms with van der Waals surface area (Å²) in [5.41, 5.74) is 3.43. The first-order chi connectivity index (χ1) is 11.9. The van der Waals surface area contributed by atoms with E-state index in [1.807, 2.05) is 32.0 Å². The quantitative estimate of drug-likeness (QED) is 0.845. The zero-order valence-corrected chi connectivity index (χ0v) is 14.3. The van der Waals surface area contributed by atoms with Crippen LogP contribution in [0.2, 0.25) is 0 Å². The highest BCUT2D eigenvalue weighted by Gasteiger charge is 2.38. The highest BCUT2D eigenvalue weighted by atomic mass is 16.2. The van der Waals surface area contributed by atoms with Gasteiger partial charge >= 0.3 is 6.03 Å². The summed E-state index contributed by atoms with van der Waals surface area (Å²) in [6.45, 7) is 5.47. The van der Waals surface area contributed by atoms with E-state index in [0.717, 1.165) is 16.0 Å². The molecular weight excluding hydrogens is 318 g/mol. The normalized spacial score (nSPS) is 14.3. The van der Waals surface area contributed by atoms with E-state index in [1.54, 1.807) is 31.2 Å². The Balaban J connectivity index is 1.70. The number of anilines is 1. The Morgan fingerprint density at radius 1 is 1.00 bits per heavy atom. The molecule has 0 fully saturated rings. The average Bonchev–Trinajstić information content (AvgIpc) is 2.82. The van der Waals surface area contributed by atoms with Gasteiger partial charge in [-0.1, -0.05) is 29.8 Å². The summed E-state index contributed by atoms with van der Waals surface area (Å²) in [6.07, 6.45) is -0.766. The fourth-order valence-electron chi connectivity index (χ4n) is 2.93. The van der Waals surface area contributed by atoms with E-state index in [-0.39, 0.29) is 0 Å². The number of aryl methyl sites for hydroxylation is 2. The molecule has 128 valence electrons. The van der Waals surface area contributed by atoms with Crippen LogP contribution in [0.4, 0.5) is 10.5 Å². The van der Waals surface area contributed by atoms with Gasteiger partial charge in [0, 0.05) is 5.69 Å². The van der Waals surface area contributed by atoms with Crippen molar-refractivity contribution in [3.8, 4) is 0 Å². The Morgan fingerprint density at radius 2 is 1.60 bits per heavy atom. The summed E-state index contributed by atoms with van der Waals surface area (Å²) in [6, 6.07) is 11.8. The fraction of sp³-hybridized carbons (Fsp3) is 0.211. The van der Waals surface area contributed by atoms with E-state index >= 15 is 0 Å². The zero-order chi connectivity index (χ0) is 18.1. The van der Waals surface area contributed by atoms with Crippen LogP contribution in [0.1, 0.15) is 38.8 Å². The van der Waals surface area contributed by atoms with Gasteiger partial charge in [-0.25, -0.2) is 4.79 Å². The third-order valence-corrected chi connectivity index (χ3v) is 4.18. The maximum Gasteiger partial charge on any atom is 0.320 e. The molecule has 0 saturated heterocycles. The lowest BCUT2D eigenvalue weighted by molar-refractivity contribution is 0.0581. The van der Waals surface area contributed by atoms with Crippen molar-refractivity contribution in [2.24, 2.45) is 0 Å². The minimum Gasteiger partial charge on any atom is -0.317 e. The Bertz CT molecular complexity index is 841. The molecule has 25 heavy (non-hydrogen) atoms. The SMILES string of the molecule is Cc1ccc(NC(=O)NC(C)N2C(=O)c3ccccc3C2=O)c(C)c1. The number of hydrogen-bond donors (Lipinski definition) is 2. The van der Waals surface area contributed by atoms with E-state index in [4.69, 9.17) is 0 Å². The molecule has 0 bridgehead atoms. The molecule has 1 heterocycles. The molecule has 1 atom stereocenters. The van der Waals surface area contributed by atoms with E-state index in [9.17, 15) is 14.4 Å². The summed E-state index contributed by atoms with van der Waals surface area (Å²) in [5.74, 6) is -0.806. The van der Waals surface area contributed by atoms with E-state index in [2.05, 4.69) is 10.6 Å². The van der Waals surface area contributed by atoms with Gasteiger partial charge in [0.25, 0.3) is 11.8 Å². The van der Waals surface area contributed by atoms with Crippen molar-refractivity contribution >= 4 is 23.5 Å². The minimum absolute atomic E-state index is 0.357. The molecule has 2 aromatic carbocycles. The smallest absolute Gasteiger partial charge is 0.317 e. The van der Waals surface area contributed by atoms with Gasteiger partial charge in [0.1, 0.15) is 6.17 Å². The summed E-state index contributed by atoms with van der Waals surface area (Å²) in [7, 11) is 0. The summed E-state index contributed by atoms with van der Waals surface area (Å²) >= 11 is 0. The van der Waals surface area contributed by atoms with Gasteiger partial charge in [0.2, 0.25) is 0 Å². The first-order valence-electron chi connectivity index (χ1n) is 8.00. The van der Waals surface area contributed by atoms with Crippen LogP contribution >= 0.6 is 0 Å². The second-order valence-corrected chi connectivity index (χ2v) is 6.12. The molecule has 0 spiro atoms. The lowest BCUT2D eigenvalue weighted by Crippen LogP contribution is -2.50. The van der Waals surface area contributed by atoms with Crippen molar-refractivity contribution in [1.29, 1.82) is 0 Å². The van der Waals surface area contributed by atoms with Gasteiger partial charge in [-0.15, -0.1) is 0 Å². The largest absolute Gasteiger partial charge is 0.320 e. The number of amides is 4. The number of hydrogen-bond acceptors (Lipinski definition) is 3. The van der Waals surface area contributed by atoms with Crippen molar-refractivity contribution in [3.05, 3.63) is 64.7 Å². The predicted octanol–water partition coefficient (Wildman–Crippen LogP) is 3.07. The van der Waals surface area contributed by atoms with Crippen LogP contribution in [0.5, 0.6) is 0 Å². The third-order valence-electron chi connectivity index (χ3n) is 4.18. The Hall–Kier alpha value is -3.15. The van der Waals surface area contributed by atoms with Gasteiger partial charge < -0.3 is 10.6 Å². The molecule has 6 heteroatoms. The topological polar surface area (TPSA) is 78.5 Å². The number of benzene rings is 2. The number of rotatable bonds is 3. The zero-order valence-electron chi connectivity index (χ0n) is 14.3. The van der Waals surface area contributed by atoms with Gasteiger partial charge in [0.05, 0.1) is 11.1 Å². The molecule has 0 radical (unpaired) electrons. The Kier molecular flexibility index (Phi) is 4.27. The second kappa shape index (κ2) is 6.39. The van der Waals surface area contributed by atoms with Crippen LogP contribution in [-0.2, 0) is 0 Å². The number of carbonyl (C=O) groups excluding carboxylic acids is 3. The number of imide groups is 1. The predicted molar refractivity (Wildman–Crippen MR) is 94.5 cm³/mol. The number of fused-ring (bicyclic) bond motifs is 1. The number of nitrogens with zero attached hydrogens (tertiary/aromatic N) is 1. The Morgan fingerprint density at radius 3 is 2.16 bits per heavy atom. The standard InChI is InChI=1S/C19H19N3O3/c1-11-8-9-16(12(2)10-11)21-19(25)20-13(3)22-17(23)14-6-4-5-7-15(14)18(22)24/h4-10,13H,1-3H3,(H2,20,21,25). The van der Waals surface area contributed by atoms with Gasteiger partial charge in [0.15, 0.2) is 0 Å². The molecule has 4 amide bonds. The van der Waals surface area contributed by atoms with E-state index in [1.165, 1.54) is 0 Å². The molecule has 0 saturated carbocycles. The lowest BCUT2D eigenvalue weighted by Gasteiger charge is -2.23. The number of carbonyl (C=O) groups is 3. The summed E-state index contributed by atoms with van der Waals surface area (Å²) in [5, 5.41) is 5.39. The number of urea groups is 1. The average molecular weight is 337 g/mol. The minimum atomic E-state index is -0.766. The second-order valence-electron chi connectivity index (χ2n) is 6.12. The first-order valence-corrected chi connectivity index (χ1v) is 8.00. The van der Waals surface area contributed by atoms with Crippen LogP contribution in [0.3, 0.4) is 0 Å². The molecule has 3 rings (SSSR count). The Labute approximate surface area is 145 Å². The number of nitrogens with one attached hydrogen (secondary N) is 2. The molecule has 1 aliphatic heterocycles. The molecule has 2 aromatic rings. The van der Waals surface area contributed by atoms with Gasteiger partial charge in [-0.05, 0) is 44.5 Å². The molecule has 2 N–H and O–H groups in total. The van der Waals surface area contributed by atoms with E-state index in [0.29, 0.717) is 16.8 Å². The van der Waals surface area contributed by atoms with Crippen LogP contribution in [0, 0.1) is 13.8 Å².